The lowest BCUT2D eigenvalue weighted by molar-refractivity contribution is -0.135. The molecule has 0 saturated carbocycles. The van der Waals surface area contributed by atoms with Crippen LogP contribution < -0.4 is 4.74 Å². The lowest BCUT2D eigenvalue weighted by atomic mass is 10.1. The SMILES string of the molecule is CC(C)(C)S(=O)N=C(c1ccc(OCCCCC(F)(F)F)cc1)C(F)(F)F. The highest BCUT2D eigenvalue weighted by atomic mass is 32.2. The van der Waals surface area contributed by atoms with Crippen molar-refractivity contribution in [2.45, 2.75) is 57.1 Å². The standard InChI is InChI=1S/C17H21F6NO2S/c1-15(2,3)27(25)24-14(17(21,22)23)12-6-8-13(9-7-12)26-11-5-4-10-16(18,19)20/h6-9H,4-5,10-11H2,1-3H3. The van der Waals surface area contributed by atoms with Crippen LogP contribution in [-0.2, 0) is 11.0 Å². The van der Waals surface area contributed by atoms with Gasteiger partial charge in [0.25, 0.3) is 0 Å². The molecule has 1 rings (SSSR count). The second-order valence-electron chi connectivity index (χ2n) is 6.74. The molecule has 0 aliphatic heterocycles. The van der Waals surface area contributed by atoms with Crippen molar-refractivity contribution in [2.75, 3.05) is 6.61 Å². The van der Waals surface area contributed by atoms with E-state index in [1.807, 2.05) is 0 Å². The Morgan fingerprint density at radius 2 is 1.56 bits per heavy atom. The third-order valence-corrected chi connectivity index (χ3v) is 4.61. The molecule has 27 heavy (non-hydrogen) atoms. The van der Waals surface area contributed by atoms with Crippen molar-refractivity contribution >= 4 is 16.7 Å². The van der Waals surface area contributed by atoms with Gasteiger partial charge in [0, 0.05) is 12.0 Å². The van der Waals surface area contributed by atoms with Crippen LogP contribution in [0.4, 0.5) is 26.3 Å². The summed E-state index contributed by atoms with van der Waals surface area (Å²) in [6.07, 6.45) is -9.85. The van der Waals surface area contributed by atoms with E-state index < -0.39 is 40.2 Å². The fourth-order valence-electron chi connectivity index (χ4n) is 1.81. The van der Waals surface area contributed by atoms with E-state index in [1.165, 1.54) is 32.9 Å². The molecule has 0 saturated heterocycles. The molecular weight excluding hydrogens is 396 g/mol. The molecule has 1 atom stereocenters. The van der Waals surface area contributed by atoms with Crippen molar-refractivity contribution < 1.29 is 35.3 Å². The Balaban J connectivity index is 2.79. The van der Waals surface area contributed by atoms with Crippen molar-refractivity contribution in [1.29, 1.82) is 0 Å². The van der Waals surface area contributed by atoms with Crippen LogP contribution in [0.1, 0.15) is 45.6 Å². The highest BCUT2D eigenvalue weighted by Gasteiger charge is 2.38. The Labute approximate surface area is 156 Å². The van der Waals surface area contributed by atoms with Gasteiger partial charge in [-0.25, -0.2) is 4.21 Å². The summed E-state index contributed by atoms with van der Waals surface area (Å²) in [5.41, 5.74) is -1.53. The van der Waals surface area contributed by atoms with Gasteiger partial charge in [0.1, 0.15) is 16.7 Å². The Bertz CT molecular complexity index is 660. The first kappa shape index (κ1) is 23.5. The first-order valence-corrected chi connectivity index (χ1v) is 9.19. The monoisotopic (exact) mass is 417 g/mol. The molecule has 0 aromatic heterocycles. The third kappa shape index (κ3) is 8.77. The fourth-order valence-corrected chi connectivity index (χ4v) is 2.46. The van der Waals surface area contributed by atoms with Crippen molar-refractivity contribution in [3.8, 4) is 5.75 Å². The smallest absolute Gasteiger partial charge is 0.434 e. The normalized spacial score (nSPS) is 14.9. The van der Waals surface area contributed by atoms with Gasteiger partial charge in [-0.1, -0.05) is 0 Å². The van der Waals surface area contributed by atoms with Crippen LogP contribution in [0.25, 0.3) is 0 Å². The zero-order valence-electron chi connectivity index (χ0n) is 15.1. The summed E-state index contributed by atoms with van der Waals surface area (Å²) in [5.74, 6) is 0.226. The molecule has 1 unspecified atom stereocenters. The Kier molecular flexibility index (Phi) is 7.88. The van der Waals surface area contributed by atoms with Gasteiger partial charge in [-0.3, -0.25) is 0 Å². The predicted octanol–water partition coefficient (Wildman–Crippen LogP) is 5.61. The number of benzene rings is 1. The van der Waals surface area contributed by atoms with E-state index in [1.54, 1.807) is 0 Å². The predicted molar refractivity (Wildman–Crippen MR) is 92.3 cm³/mol. The summed E-state index contributed by atoms with van der Waals surface area (Å²) in [6, 6.07) is 4.77. The van der Waals surface area contributed by atoms with Gasteiger partial charge in [-0.15, -0.1) is 0 Å². The second kappa shape index (κ2) is 9.07. The van der Waals surface area contributed by atoms with Gasteiger partial charge in [0.2, 0.25) is 0 Å². The molecule has 0 bridgehead atoms. The second-order valence-corrected chi connectivity index (χ2v) is 8.65. The molecule has 154 valence electrons. The van der Waals surface area contributed by atoms with Gasteiger partial charge in [-0.2, -0.15) is 30.7 Å². The maximum Gasteiger partial charge on any atom is 0.434 e. The number of ether oxygens (including phenoxy) is 1. The Morgan fingerprint density at radius 1 is 1.00 bits per heavy atom. The number of halogens is 6. The molecule has 1 aromatic carbocycles. The van der Waals surface area contributed by atoms with Crippen molar-refractivity contribution in [1.82, 2.24) is 0 Å². The molecule has 1 aromatic rings. The summed E-state index contributed by atoms with van der Waals surface area (Å²) >= 11 is 0. The molecule has 0 spiro atoms. The highest BCUT2D eigenvalue weighted by Crippen LogP contribution is 2.27. The number of hydrogen-bond donors (Lipinski definition) is 0. The van der Waals surface area contributed by atoms with Gasteiger partial charge >= 0.3 is 12.4 Å². The maximum atomic E-state index is 13.3. The first-order valence-electron chi connectivity index (χ1n) is 8.08. The van der Waals surface area contributed by atoms with E-state index in [-0.39, 0.29) is 30.8 Å². The fraction of sp³-hybridized carbons (Fsp3) is 0.588. The lowest BCUT2D eigenvalue weighted by Gasteiger charge is -2.17. The van der Waals surface area contributed by atoms with E-state index in [4.69, 9.17) is 4.74 Å². The number of unbranched alkanes of at least 4 members (excludes halogenated alkanes) is 1. The molecule has 0 heterocycles. The van der Waals surface area contributed by atoms with Crippen LogP contribution in [0.15, 0.2) is 28.7 Å². The van der Waals surface area contributed by atoms with Crippen LogP contribution >= 0.6 is 0 Å². The number of nitrogens with zero attached hydrogens (tertiary/aromatic N) is 1. The van der Waals surface area contributed by atoms with Crippen LogP contribution in [-0.4, -0.2) is 33.6 Å². The zero-order valence-corrected chi connectivity index (χ0v) is 15.9. The van der Waals surface area contributed by atoms with Crippen molar-refractivity contribution in [3.05, 3.63) is 29.8 Å². The summed E-state index contributed by atoms with van der Waals surface area (Å²) in [6.45, 7) is 4.55. The largest absolute Gasteiger partial charge is 0.494 e. The van der Waals surface area contributed by atoms with Gasteiger partial charge in [0.05, 0.1) is 11.4 Å². The average Bonchev–Trinajstić information content (AvgIpc) is 2.49. The minimum atomic E-state index is -4.79. The molecular formula is C17H21F6NO2S. The minimum absolute atomic E-state index is 0.0175. The van der Waals surface area contributed by atoms with Gasteiger partial charge in [-0.05, 0) is 57.9 Å². The van der Waals surface area contributed by atoms with E-state index in [2.05, 4.69) is 4.40 Å². The topological polar surface area (TPSA) is 38.7 Å². The van der Waals surface area contributed by atoms with Crippen molar-refractivity contribution in [3.63, 3.8) is 0 Å². The zero-order chi connectivity index (χ0) is 20.9. The maximum absolute atomic E-state index is 13.3. The summed E-state index contributed by atoms with van der Waals surface area (Å²) in [4.78, 5) is 0. The van der Waals surface area contributed by atoms with Gasteiger partial charge in [0.15, 0.2) is 5.71 Å². The van der Waals surface area contributed by atoms with Crippen molar-refractivity contribution in [2.24, 2.45) is 4.40 Å². The van der Waals surface area contributed by atoms with Crippen LogP contribution in [0.2, 0.25) is 0 Å². The molecule has 3 nitrogen and oxygen atoms in total. The molecule has 0 aliphatic rings. The summed E-state index contributed by atoms with van der Waals surface area (Å²) in [5, 5.41) is 0. The number of hydrogen-bond acceptors (Lipinski definition) is 2. The van der Waals surface area contributed by atoms with Gasteiger partial charge < -0.3 is 4.74 Å². The average molecular weight is 417 g/mol. The first-order chi connectivity index (χ1) is 12.2. The lowest BCUT2D eigenvalue weighted by Crippen LogP contribution is -2.28. The Hall–Kier alpha value is -1.58. The summed E-state index contributed by atoms with van der Waals surface area (Å²) < 4.78 is 95.4. The Morgan fingerprint density at radius 3 is 2.00 bits per heavy atom. The number of alkyl halides is 6. The van der Waals surface area contributed by atoms with Crippen LogP contribution in [0.5, 0.6) is 5.75 Å². The van der Waals surface area contributed by atoms with Crippen LogP contribution in [0, 0.1) is 0 Å². The third-order valence-electron chi connectivity index (χ3n) is 3.22. The molecule has 0 fully saturated rings. The van der Waals surface area contributed by atoms with E-state index in [0.29, 0.717) is 0 Å². The quantitative estimate of drug-likeness (QED) is 0.329. The molecule has 0 aliphatic carbocycles. The van der Waals surface area contributed by atoms with E-state index >= 15 is 0 Å². The summed E-state index contributed by atoms with van der Waals surface area (Å²) in [7, 11) is -2.09. The van der Waals surface area contributed by atoms with E-state index in [0.717, 1.165) is 12.1 Å². The number of rotatable bonds is 7. The molecule has 10 heteroatoms. The molecule has 0 radical (unpaired) electrons. The highest BCUT2D eigenvalue weighted by molar-refractivity contribution is 7.85. The minimum Gasteiger partial charge on any atom is -0.494 e. The van der Waals surface area contributed by atoms with Crippen LogP contribution in [0.3, 0.4) is 0 Å². The van der Waals surface area contributed by atoms with E-state index in [9.17, 15) is 30.6 Å². The molecule has 0 N–H and O–H groups in total. The molecule has 0 amide bonds.